The van der Waals surface area contributed by atoms with Gasteiger partial charge in [-0.3, -0.25) is 0 Å². The molecule has 0 N–H and O–H groups in total. The van der Waals surface area contributed by atoms with E-state index in [0.29, 0.717) is 11.8 Å². The topological polar surface area (TPSA) is 44.7 Å². The SMILES string of the molecule is CC(C)(C)[S@+]([O-])/N=C/C1CCC(CO[Si](C)(C)C(C)(C)C)CC1. The Balaban J connectivity index is 2.38. The van der Waals surface area contributed by atoms with Crippen molar-refractivity contribution in [2.75, 3.05) is 6.61 Å². The lowest BCUT2D eigenvalue weighted by Gasteiger charge is -2.38. The van der Waals surface area contributed by atoms with Crippen LogP contribution >= 0.6 is 0 Å². The molecule has 5 heteroatoms. The van der Waals surface area contributed by atoms with Gasteiger partial charge in [-0.2, -0.15) is 0 Å². The molecule has 1 atom stereocenters. The lowest BCUT2D eigenvalue weighted by atomic mass is 9.83. The standard InChI is InChI=1S/C18H37NO2SSi/c1-17(2,3)22(20)19-13-15-9-11-16(12-10-15)14-21-23(7,8)18(4,5)6/h13,15-16H,9-12,14H2,1-8H3/b19-13+/t15?,16?,22-/m0/s1. The summed E-state index contributed by atoms with van der Waals surface area (Å²) in [6, 6.07) is 0. The molecule has 0 aromatic carbocycles. The van der Waals surface area contributed by atoms with Gasteiger partial charge in [0, 0.05) is 6.61 Å². The van der Waals surface area contributed by atoms with E-state index in [4.69, 9.17) is 4.43 Å². The van der Waals surface area contributed by atoms with Crippen LogP contribution in [0.3, 0.4) is 0 Å². The summed E-state index contributed by atoms with van der Waals surface area (Å²) in [6.45, 7) is 18.3. The van der Waals surface area contributed by atoms with E-state index in [1.54, 1.807) is 0 Å². The van der Waals surface area contributed by atoms with Gasteiger partial charge in [0.1, 0.15) is 16.1 Å². The van der Waals surface area contributed by atoms with E-state index in [2.05, 4.69) is 38.3 Å². The predicted octanol–water partition coefficient (Wildman–Crippen LogP) is 5.35. The van der Waals surface area contributed by atoms with E-state index in [0.717, 1.165) is 19.4 Å². The van der Waals surface area contributed by atoms with Gasteiger partial charge in [0.15, 0.2) is 8.32 Å². The fraction of sp³-hybridized carbons (Fsp3) is 0.944. The Bertz CT molecular complexity index is 391. The number of hydrogen-bond acceptors (Lipinski definition) is 3. The minimum absolute atomic E-state index is 0.259. The van der Waals surface area contributed by atoms with Gasteiger partial charge < -0.3 is 8.98 Å². The number of hydrogen-bond donors (Lipinski definition) is 0. The summed E-state index contributed by atoms with van der Waals surface area (Å²) < 4.78 is 22.4. The molecule has 0 aromatic rings. The zero-order valence-electron chi connectivity index (χ0n) is 16.4. The van der Waals surface area contributed by atoms with Crippen molar-refractivity contribution in [3.05, 3.63) is 0 Å². The van der Waals surface area contributed by atoms with Gasteiger partial charge in [-0.1, -0.05) is 25.2 Å². The Hall–Kier alpha value is 0.157. The normalized spacial score (nSPS) is 25.8. The molecule has 1 aliphatic carbocycles. The maximum Gasteiger partial charge on any atom is 0.191 e. The number of rotatable bonds is 5. The summed E-state index contributed by atoms with van der Waals surface area (Å²) in [5, 5.41) is 0.286. The molecule has 1 fully saturated rings. The van der Waals surface area contributed by atoms with Crippen LogP contribution in [0.25, 0.3) is 0 Å². The van der Waals surface area contributed by atoms with E-state index in [-0.39, 0.29) is 9.79 Å². The van der Waals surface area contributed by atoms with Crippen molar-refractivity contribution in [2.24, 2.45) is 16.2 Å². The largest absolute Gasteiger partial charge is 0.591 e. The van der Waals surface area contributed by atoms with E-state index >= 15 is 0 Å². The maximum atomic E-state index is 12.0. The first-order valence-electron chi connectivity index (χ1n) is 8.93. The smallest absolute Gasteiger partial charge is 0.191 e. The first-order chi connectivity index (χ1) is 10.3. The molecule has 1 rings (SSSR count). The third-order valence-corrected chi connectivity index (χ3v) is 11.1. The summed E-state index contributed by atoms with van der Waals surface area (Å²) in [6.07, 6.45) is 6.65. The Morgan fingerprint density at radius 3 is 2.04 bits per heavy atom. The van der Waals surface area contributed by atoms with E-state index in [1.807, 2.05) is 27.0 Å². The first kappa shape index (κ1) is 21.2. The van der Waals surface area contributed by atoms with Crippen molar-refractivity contribution in [2.45, 2.75) is 90.1 Å². The molecule has 0 aliphatic heterocycles. The lowest BCUT2D eigenvalue weighted by Crippen LogP contribution is -2.42. The third-order valence-electron chi connectivity index (χ3n) is 5.27. The molecule has 0 spiro atoms. The highest BCUT2D eigenvalue weighted by atomic mass is 32.2. The molecule has 0 aromatic heterocycles. The monoisotopic (exact) mass is 359 g/mol. The third kappa shape index (κ3) is 6.89. The van der Waals surface area contributed by atoms with Gasteiger partial charge in [0.25, 0.3) is 0 Å². The minimum Gasteiger partial charge on any atom is -0.591 e. The van der Waals surface area contributed by atoms with Crippen molar-refractivity contribution >= 4 is 25.9 Å². The molecular formula is C18H37NO2SSi. The molecule has 23 heavy (non-hydrogen) atoms. The average molecular weight is 360 g/mol. The summed E-state index contributed by atoms with van der Waals surface area (Å²) in [5.74, 6) is 1.17. The zero-order valence-corrected chi connectivity index (χ0v) is 18.3. The Kier molecular flexibility index (Phi) is 7.40. The van der Waals surface area contributed by atoms with Gasteiger partial charge in [0.05, 0.1) is 6.21 Å². The molecule has 3 nitrogen and oxygen atoms in total. The Labute approximate surface area is 148 Å². The van der Waals surface area contributed by atoms with E-state index in [9.17, 15) is 4.55 Å². The van der Waals surface area contributed by atoms with Gasteiger partial charge in [-0.25, -0.2) is 0 Å². The van der Waals surface area contributed by atoms with Crippen molar-refractivity contribution in [1.82, 2.24) is 0 Å². The first-order valence-corrected chi connectivity index (χ1v) is 12.9. The predicted molar refractivity (Wildman–Crippen MR) is 105 cm³/mol. The van der Waals surface area contributed by atoms with Crippen molar-refractivity contribution in [3.63, 3.8) is 0 Å². The van der Waals surface area contributed by atoms with Crippen LogP contribution in [0.4, 0.5) is 0 Å². The van der Waals surface area contributed by atoms with Gasteiger partial charge in [0.2, 0.25) is 0 Å². The summed E-state index contributed by atoms with van der Waals surface area (Å²) >= 11 is -1.12. The molecule has 1 aliphatic rings. The van der Waals surface area contributed by atoms with Crippen LogP contribution in [0.5, 0.6) is 0 Å². The van der Waals surface area contributed by atoms with Crippen molar-refractivity contribution < 1.29 is 8.98 Å². The second-order valence-corrected chi connectivity index (χ2v) is 16.2. The molecule has 0 unspecified atom stereocenters. The summed E-state index contributed by atoms with van der Waals surface area (Å²) in [7, 11) is -1.62. The fourth-order valence-corrected chi connectivity index (χ4v) is 4.03. The molecular weight excluding hydrogens is 322 g/mol. The molecule has 0 heterocycles. The highest BCUT2D eigenvalue weighted by Gasteiger charge is 2.37. The molecule has 0 amide bonds. The molecule has 0 bridgehead atoms. The van der Waals surface area contributed by atoms with E-state index in [1.165, 1.54) is 12.8 Å². The van der Waals surface area contributed by atoms with Crippen LogP contribution in [0, 0.1) is 11.8 Å². The summed E-state index contributed by atoms with van der Waals surface area (Å²) in [5.41, 5.74) is 0. The van der Waals surface area contributed by atoms with Gasteiger partial charge in [-0.05, 0) is 76.4 Å². The molecule has 1 saturated carbocycles. The maximum absolute atomic E-state index is 12.0. The highest BCUT2D eigenvalue weighted by Crippen LogP contribution is 2.38. The molecule has 0 saturated heterocycles. The summed E-state index contributed by atoms with van der Waals surface area (Å²) in [4.78, 5) is 0. The lowest BCUT2D eigenvalue weighted by molar-refractivity contribution is 0.185. The quantitative estimate of drug-likeness (QED) is 0.377. The van der Waals surface area contributed by atoms with Crippen LogP contribution in [-0.4, -0.2) is 30.4 Å². The fourth-order valence-electron chi connectivity index (χ4n) is 2.35. The Morgan fingerprint density at radius 2 is 1.61 bits per heavy atom. The molecule has 0 radical (unpaired) electrons. The van der Waals surface area contributed by atoms with Crippen LogP contribution in [0.2, 0.25) is 18.1 Å². The van der Waals surface area contributed by atoms with Crippen molar-refractivity contribution in [3.8, 4) is 0 Å². The number of nitrogens with zero attached hydrogens (tertiary/aromatic N) is 1. The van der Waals surface area contributed by atoms with Crippen LogP contribution in [0.15, 0.2) is 4.40 Å². The highest BCUT2D eigenvalue weighted by molar-refractivity contribution is 7.91. The van der Waals surface area contributed by atoms with Crippen molar-refractivity contribution in [1.29, 1.82) is 0 Å². The Morgan fingerprint density at radius 1 is 1.09 bits per heavy atom. The second kappa shape index (κ2) is 8.02. The van der Waals surface area contributed by atoms with Crippen LogP contribution < -0.4 is 0 Å². The molecule has 136 valence electrons. The second-order valence-electron chi connectivity index (χ2n) is 9.47. The van der Waals surface area contributed by atoms with E-state index < -0.39 is 19.7 Å². The minimum atomic E-state index is -1.62. The van der Waals surface area contributed by atoms with Gasteiger partial charge >= 0.3 is 0 Å². The zero-order chi connectivity index (χ0) is 17.9. The van der Waals surface area contributed by atoms with Crippen LogP contribution in [-0.2, 0) is 15.8 Å². The van der Waals surface area contributed by atoms with Gasteiger partial charge in [-0.15, -0.1) is 0 Å². The average Bonchev–Trinajstić information content (AvgIpc) is 2.41. The van der Waals surface area contributed by atoms with Crippen LogP contribution in [0.1, 0.15) is 67.2 Å².